The Balaban J connectivity index is -0.000000580. The van der Waals surface area contributed by atoms with Crippen LogP contribution < -0.4 is 5.73 Å². The summed E-state index contributed by atoms with van der Waals surface area (Å²) in [4.78, 5) is 0. The molecule has 0 fully saturated rings. The van der Waals surface area contributed by atoms with Gasteiger partial charge in [-0.15, -0.1) is 0 Å². The van der Waals surface area contributed by atoms with Gasteiger partial charge in [-0.25, -0.2) is 0 Å². The van der Waals surface area contributed by atoms with Crippen LogP contribution in [0.2, 0.25) is 0 Å². The lowest BCUT2D eigenvalue weighted by Gasteiger charge is -2.14. The van der Waals surface area contributed by atoms with Gasteiger partial charge in [0, 0.05) is 0 Å². The molecule has 166 valence electrons. The fourth-order valence-corrected chi connectivity index (χ4v) is 2.59. The van der Waals surface area contributed by atoms with Gasteiger partial charge in [0.1, 0.15) is 0 Å². The van der Waals surface area contributed by atoms with Crippen molar-refractivity contribution in [2.24, 2.45) is 11.7 Å². The topological polar surface area (TPSA) is 26.0 Å². The Labute approximate surface area is 183 Å². The highest BCUT2D eigenvalue weighted by Gasteiger charge is 2.08. The van der Waals surface area contributed by atoms with E-state index in [1.165, 1.54) is 40.4 Å². The zero-order valence-electron chi connectivity index (χ0n) is 21.5. The monoisotopic (exact) mass is 399 g/mol. The van der Waals surface area contributed by atoms with E-state index in [-0.39, 0.29) is 0 Å². The Kier molecular flexibility index (Phi) is 22.9. The number of rotatable bonds is 3. The Morgan fingerprint density at radius 1 is 0.724 bits per heavy atom. The summed E-state index contributed by atoms with van der Waals surface area (Å²) in [5.41, 5.74) is 12.8. The summed E-state index contributed by atoms with van der Waals surface area (Å²) >= 11 is 0. The number of aryl methyl sites for hydroxylation is 2. The predicted molar refractivity (Wildman–Crippen MR) is 138 cm³/mol. The van der Waals surface area contributed by atoms with Crippen molar-refractivity contribution in [3.05, 3.63) is 70.8 Å². The average molecular weight is 400 g/mol. The van der Waals surface area contributed by atoms with Crippen molar-refractivity contribution in [3.8, 4) is 0 Å². The first kappa shape index (κ1) is 31.8. The molecule has 2 aromatic carbocycles. The normalized spacial score (nSPS) is 9.86. The van der Waals surface area contributed by atoms with E-state index < -0.39 is 0 Å². The van der Waals surface area contributed by atoms with Gasteiger partial charge >= 0.3 is 0 Å². The van der Waals surface area contributed by atoms with Gasteiger partial charge in [-0.05, 0) is 73.6 Å². The summed E-state index contributed by atoms with van der Waals surface area (Å²) in [7, 11) is 1.50. The lowest BCUT2D eigenvalue weighted by molar-refractivity contribution is 0.737. The van der Waals surface area contributed by atoms with Crippen LogP contribution in [0.15, 0.2) is 48.5 Å². The molecule has 0 aliphatic carbocycles. The smallest absolute Gasteiger partial charge is 0.0192 e. The molecule has 2 N–H and O–H groups in total. The number of nitrogens with two attached hydrogens (primary N) is 1. The third kappa shape index (κ3) is 13.1. The lowest BCUT2D eigenvalue weighted by Crippen LogP contribution is -1.93. The molecule has 0 aliphatic heterocycles. The molecular weight excluding hydrogens is 350 g/mol. The Morgan fingerprint density at radius 2 is 1.07 bits per heavy atom. The molecule has 0 saturated carbocycles. The van der Waals surface area contributed by atoms with Gasteiger partial charge in [0.15, 0.2) is 0 Å². The molecule has 0 radical (unpaired) electrons. The fourth-order valence-electron chi connectivity index (χ4n) is 2.59. The van der Waals surface area contributed by atoms with Crippen LogP contribution in [0.3, 0.4) is 0 Å². The number of hydrogen-bond acceptors (Lipinski definition) is 1. The van der Waals surface area contributed by atoms with E-state index in [9.17, 15) is 0 Å². The molecule has 0 aliphatic rings. The number of allylic oxidation sites excluding steroid dienone is 2. The van der Waals surface area contributed by atoms with Crippen LogP contribution in [0.4, 0.5) is 0 Å². The van der Waals surface area contributed by atoms with Gasteiger partial charge in [-0.1, -0.05) is 104 Å². The number of hydrogen-bond donors (Lipinski definition) is 1. The molecule has 0 bridgehead atoms. The summed E-state index contributed by atoms with van der Waals surface area (Å²) in [6.45, 7) is 23.4. The van der Waals surface area contributed by atoms with Crippen LogP contribution >= 0.6 is 0 Å². The Bertz CT molecular complexity index is 648. The van der Waals surface area contributed by atoms with Crippen LogP contribution in [-0.4, -0.2) is 7.05 Å². The van der Waals surface area contributed by atoms with Crippen LogP contribution in [-0.2, 0) is 6.42 Å². The molecule has 1 nitrogen and oxygen atoms in total. The van der Waals surface area contributed by atoms with Gasteiger partial charge in [0.05, 0.1) is 0 Å². The second-order valence-electron chi connectivity index (χ2n) is 6.81. The van der Waals surface area contributed by atoms with E-state index in [1.54, 1.807) is 0 Å². The SMILES string of the molecule is CC.CC.CC(C)C.CCc1ccccc1/C(C)=C(/C)c1ccccc1C.CN. The number of benzene rings is 2. The summed E-state index contributed by atoms with van der Waals surface area (Å²) < 4.78 is 0. The minimum atomic E-state index is 0.833. The molecule has 0 saturated heterocycles. The maximum Gasteiger partial charge on any atom is -0.0192 e. The van der Waals surface area contributed by atoms with Crippen LogP contribution in [0, 0.1) is 12.8 Å². The first-order chi connectivity index (χ1) is 13.9. The molecule has 29 heavy (non-hydrogen) atoms. The fraction of sp³-hybridized carbons (Fsp3) is 0.500. The van der Waals surface area contributed by atoms with E-state index in [2.05, 4.69) is 103 Å². The van der Waals surface area contributed by atoms with Gasteiger partial charge < -0.3 is 5.73 Å². The first-order valence-corrected chi connectivity index (χ1v) is 11.3. The predicted octanol–water partition coefficient (Wildman–Crippen LogP) is 8.80. The molecule has 0 heterocycles. The third-order valence-corrected chi connectivity index (χ3v) is 3.91. The van der Waals surface area contributed by atoms with E-state index >= 15 is 0 Å². The highest BCUT2D eigenvalue weighted by molar-refractivity contribution is 5.90. The zero-order valence-corrected chi connectivity index (χ0v) is 21.5. The van der Waals surface area contributed by atoms with Crippen LogP contribution in [0.1, 0.15) is 91.5 Å². The van der Waals surface area contributed by atoms with Crippen LogP contribution in [0.5, 0.6) is 0 Å². The molecule has 0 aromatic heterocycles. The van der Waals surface area contributed by atoms with Crippen molar-refractivity contribution in [2.45, 2.75) is 82.6 Å². The molecular formula is C28H49N. The van der Waals surface area contributed by atoms with Gasteiger partial charge in [0.2, 0.25) is 0 Å². The van der Waals surface area contributed by atoms with E-state index in [0.717, 1.165) is 12.3 Å². The van der Waals surface area contributed by atoms with E-state index in [4.69, 9.17) is 0 Å². The molecule has 0 spiro atoms. The molecule has 1 heteroatoms. The first-order valence-electron chi connectivity index (χ1n) is 11.3. The van der Waals surface area contributed by atoms with Gasteiger partial charge in [0.25, 0.3) is 0 Å². The lowest BCUT2D eigenvalue weighted by atomic mass is 9.91. The quantitative estimate of drug-likeness (QED) is 0.513. The summed E-state index contributed by atoms with van der Waals surface area (Å²) in [5.74, 6) is 0.833. The largest absolute Gasteiger partial charge is 0.333 e. The minimum Gasteiger partial charge on any atom is -0.333 e. The highest BCUT2D eigenvalue weighted by Crippen LogP contribution is 2.29. The van der Waals surface area contributed by atoms with Gasteiger partial charge in [-0.3, -0.25) is 0 Å². The van der Waals surface area contributed by atoms with Crippen molar-refractivity contribution in [3.63, 3.8) is 0 Å². The van der Waals surface area contributed by atoms with Crippen molar-refractivity contribution in [1.29, 1.82) is 0 Å². The highest BCUT2D eigenvalue weighted by atomic mass is 14.4. The second kappa shape index (κ2) is 20.9. The molecule has 0 atom stereocenters. The summed E-state index contributed by atoms with van der Waals surface area (Å²) in [6, 6.07) is 17.3. The molecule has 0 amide bonds. The third-order valence-electron chi connectivity index (χ3n) is 3.91. The average Bonchev–Trinajstić information content (AvgIpc) is 2.77. The van der Waals surface area contributed by atoms with Crippen LogP contribution in [0.25, 0.3) is 11.1 Å². The molecule has 2 aromatic rings. The van der Waals surface area contributed by atoms with Gasteiger partial charge in [-0.2, -0.15) is 0 Å². The van der Waals surface area contributed by atoms with E-state index in [1.807, 2.05) is 27.7 Å². The van der Waals surface area contributed by atoms with Crippen molar-refractivity contribution >= 4 is 11.1 Å². The second-order valence-corrected chi connectivity index (χ2v) is 6.81. The van der Waals surface area contributed by atoms with E-state index in [0.29, 0.717) is 0 Å². The molecule has 2 rings (SSSR count). The van der Waals surface area contributed by atoms with Crippen molar-refractivity contribution in [1.82, 2.24) is 0 Å². The minimum absolute atomic E-state index is 0.833. The molecule has 0 unspecified atom stereocenters. The summed E-state index contributed by atoms with van der Waals surface area (Å²) in [5, 5.41) is 0. The maximum atomic E-state index is 4.50. The van der Waals surface area contributed by atoms with Crippen molar-refractivity contribution in [2.75, 3.05) is 7.05 Å². The maximum absolute atomic E-state index is 4.50. The Morgan fingerprint density at radius 3 is 1.48 bits per heavy atom. The van der Waals surface area contributed by atoms with Crippen molar-refractivity contribution < 1.29 is 0 Å². The standard InChI is InChI=1S/C19H22.C4H10.2C2H6.CH5N/c1-5-17-11-7-9-13-19(17)16(4)15(3)18-12-8-6-10-14(18)2;1-4(2)3;3*1-2/h6-13H,5H2,1-4H3;4H,1-3H3;2*1-2H3;2H2,1H3/b16-15-;;;;. The summed E-state index contributed by atoms with van der Waals surface area (Å²) in [6.07, 6.45) is 1.08. The Hall–Kier alpha value is -1.86. The zero-order chi connectivity index (χ0) is 23.4.